The molecule has 0 fully saturated rings. The normalized spacial score (nSPS) is 11.6. The van der Waals surface area contributed by atoms with Crippen LogP contribution in [0.15, 0.2) is 91.0 Å². The Labute approximate surface area is 145 Å². The summed E-state index contributed by atoms with van der Waals surface area (Å²) >= 11 is 0. The number of rotatable bonds is 6. The molecule has 0 spiro atoms. The topological polar surface area (TPSA) is 9.23 Å². The highest BCUT2D eigenvalue weighted by atomic mass is 31.2. The number of ether oxygens (including phenoxy) is 1. The minimum atomic E-state index is -1.83. The third kappa shape index (κ3) is 3.43. The van der Waals surface area contributed by atoms with E-state index >= 15 is 0 Å². The van der Waals surface area contributed by atoms with Gasteiger partial charge < -0.3 is 4.74 Å². The van der Waals surface area contributed by atoms with Gasteiger partial charge in [-0.1, -0.05) is 54.6 Å². The fourth-order valence-corrected chi connectivity index (χ4v) is 6.89. The first-order valence-electron chi connectivity index (χ1n) is 8.40. The Bertz CT molecular complexity index is 642. The van der Waals surface area contributed by atoms with Crippen LogP contribution in [0, 0.1) is 0 Å². The second-order valence-electron chi connectivity index (χ2n) is 6.16. The van der Waals surface area contributed by atoms with E-state index in [0.717, 1.165) is 6.35 Å². The molecule has 0 N–H and O–H groups in total. The summed E-state index contributed by atoms with van der Waals surface area (Å²) in [4.78, 5) is 0. The van der Waals surface area contributed by atoms with E-state index in [1.54, 1.807) is 0 Å². The van der Waals surface area contributed by atoms with E-state index in [2.05, 4.69) is 105 Å². The molecule has 2 heteroatoms. The zero-order valence-corrected chi connectivity index (χ0v) is 15.2. The Morgan fingerprint density at radius 3 is 1.25 bits per heavy atom. The number of benzene rings is 3. The van der Waals surface area contributed by atoms with Gasteiger partial charge in [0.1, 0.15) is 23.2 Å². The molecule has 0 radical (unpaired) electrons. The molecule has 0 saturated heterocycles. The minimum absolute atomic E-state index is 0.209. The molecule has 0 aliphatic rings. The summed E-state index contributed by atoms with van der Waals surface area (Å²) in [6.45, 7) is 4.21. The van der Waals surface area contributed by atoms with Crippen molar-refractivity contribution in [2.75, 3.05) is 6.35 Å². The third-order valence-electron chi connectivity index (χ3n) is 4.19. The number of hydrogen-bond donors (Lipinski definition) is 0. The lowest BCUT2D eigenvalue weighted by Gasteiger charge is -2.28. The van der Waals surface area contributed by atoms with Crippen LogP contribution in [-0.2, 0) is 4.74 Å². The molecule has 0 heterocycles. The van der Waals surface area contributed by atoms with Crippen molar-refractivity contribution in [3.8, 4) is 0 Å². The van der Waals surface area contributed by atoms with Crippen molar-refractivity contribution in [3.05, 3.63) is 91.0 Å². The molecule has 3 aromatic carbocycles. The van der Waals surface area contributed by atoms with Crippen LogP contribution in [0.5, 0.6) is 0 Å². The van der Waals surface area contributed by atoms with Crippen molar-refractivity contribution in [2.24, 2.45) is 0 Å². The molecule has 0 aliphatic heterocycles. The van der Waals surface area contributed by atoms with Crippen LogP contribution in [0.2, 0.25) is 0 Å². The van der Waals surface area contributed by atoms with Crippen LogP contribution in [0.25, 0.3) is 0 Å². The Hall–Kier alpha value is -1.95. The largest absolute Gasteiger partial charge is 0.342 e. The first kappa shape index (κ1) is 16.9. The molecule has 0 bridgehead atoms. The van der Waals surface area contributed by atoms with E-state index in [1.165, 1.54) is 15.9 Å². The highest BCUT2D eigenvalue weighted by molar-refractivity contribution is 7.95. The van der Waals surface area contributed by atoms with Gasteiger partial charge in [0, 0.05) is 0 Å². The van der Waals surface area contributed by atoms with Crippen molar-refractivity contribution in [1.82, 2.24) is 0 Å². The molecule has 0 saturated carbocycles. The SMILES string of the molecule is CC(C)OC[P+](c1ccccc1)(c1ccccc1)c1ccccc1. The van der Waals surface area contributed by atoms with Gasteiger partial charge in [-0.25, -0.2) is 0 Å². The zero-order valence-electron chi connectivity index (χ0n) is 14.3. The van der Waals surface area contributed by atoms with E-state index in [0.29, 0.717) is 0 Å². The predicted molar refractivity (Wildman–Crippen MR) is 106 cm³/mol. The van der Waals surface area contributed by atoms with Gasteiger partial charge >= 0.3 is 0 Å². The average molecular weight is 335 g/mol. The Balaban J connectivity index is 2.24. The quantitative estimate of drug-likeness (QED) is 0.608. The van der Waals surface area contributed by atoms with E-state index in [9.17, 15) is 0 Å². The van der Waals surface area contributed by atoms with Crippen molar-refractivity contribution in [2.45, 2.75) is 20.0 Å². The van der Waals surface area contributed by atoms with Gasteiger partial charge in [-0.15, -0.1) is 0 Å². The minimum Gasteiger partial charge on any atom is -0.342 e. The van der Waals surface area contributed by atoms with Crippen molar-refractivity contribution >= 4 is 23.2 Å². The van der Waals surface area contributed by atoms with Gasteiger partial charge in [0.25, 0.3) is 0 Å². The molecule has 24 heavy (non-hydrogen) atoms. The summed E-state index contributed by atoms with van der Waals surface area (Å²) in [5.74, 6) is 0. The Morgan fingerprint density at radius 2 is 0.958 bits per heavy atom. The Kier molecular flexibility index (Phi) is 5.45. The summed E-state index contributed by atoms with van der Waals surface area (Å²) in [5.41, 5.74) is 0. The van der Waals surface area contributed by atoms with Crippen LogP contribution in [-0.4, -0.2) is 12.5 Å². The van der Waals surface area contributed by atoms with E-state index in [1.807, 2.05) is 0 Å². The van der Waals surface area contributed by atoms with Crippen molar-refractivity contribution < 1.29 is 4.74 Å². The lowest BCUT2D eigenvalue weighted by molar-refractivity contribution is 0.118. The second kappa shape index (κ2) is 7.75. The maximum Gasteiger partial charge on any atom is 0.171 e. The standard InChI is InChI=1S/C22H24OP/c1-19(2)23-18-24(20-12-6-3-7-13-20,21-14-8-4-9-15-21)22-16-10-5-11-17-22/h3-17,19H,18H2,1-2H3/q+1. The fraction of sp³-hybridized carbons (Fsp3) is 0.182. The van der Waals surface area contributed by atoms with Crippen LogP contribution in [0.3, 0.4) is 0 Å². The highest BCUT2D eigenvalue weighted by Crippen LogP contribution is 2.55. The lowest BCUT2D eigenvalue weighted by Crippen LogP contribution is -2.34. The Morgan fingerprint density at radius 1 is 0.625 bits per heavy atom. The maximum atomic E-state index is 6.22. The van der Waals surface area contributed by atoms with Gasteiger partial charge in [-0.05, 0) is 50.2 Å². The molecular weight excluding hydrogens is 311 g/mol. The van der Waals surface area contributed by atoms with Crippen LogP contribution < -0.4 is 15.9 Å². The lowest BCUT2D eigenvalue weighted by atomic mass is 10.4. The molecule has 3 rings (SSSR count). The summed E-state index contributed by atoms with van der Waals surface area (Å²) in [5, 5.41) is 4.09. The first-order valence-corrected chi connectivity index (χ1v) is 10.4. The van der Waals surface area contributed by atoms with Gasteiger partial charge in [0.05, 0.1) is 6.10 Å². The van der Waals surface area contributed by atoms with Crippen molar-refractivity contribution in [3.63, 3.8) is 0 Å². The van der Waals surface area contributed by atoms with E-state index in [4.69, 9.17) is 4.74 Å². The second-order valence-corrected chi connectivity index (χ2v) is 9.59. The van der Waals surface area contributed by atoms with Crippen molar-refractivity contribution in [1.29, 1.82) is 0 Å². The van der Waals surface area contributed by atoms with E-state index < -0.39 is 7.26 Å². The number of hydrogen-bond acceptors (Lipinski definition) is 1. The van der Waals surface area contributed by atoms with Gasteiger partial charge in [0.15, 0.2) is 6.35 Å². The molecule has 122 valence electrons. The van der Waals surface area contributed by atoms with Crippen LogP contribution in [0.4, 0.5) is 0 Å². The molecule has 1 nitrogen and oxygen atoms in total. The summed E-state index contributed by atoms with van der Waals surface area (Å²) in [6, 6.07) is 32.5. The van der Waals surface area contributed by atoms with E-state index in [-0.39, 0.29) is 6.10 Å². The first-order chi connectivity index (χ1) is 11.7. The predicted octanol–water partition coefficient (Wildman–Crippen LogP) is 4.36. The van der Waals surface area contributed by atoms with Crippen LogP contribution >= 0.6 is 7.26 Å². The summed E-state index contributed by atoms with van der Waals surface area (Å²) < 4.78 is 6.22. The van der Waals surface area contributed by atoms with Gasteiger partial charge in [0.2, 0.25) is 0 Å². The molecule has 0 atom stereocenters. The van der Waals surface area contributed by atoms with Gasteiger partial charge in [-0.3, -0.25) is 0 Å². The smallest absolute Gasteiger partial charge is 0.171 e. The monoisotopic (exact) mass is 335 g/mol. The molecule has 0 amide bonds. The molecule has 0 aliphatic carbocycles. The molecule has 0 aromatic heterocycles. The maximum absolute atomic E-state index is 6.22. The van der Waals surface area contributed by atoms with Crippen LogP contribution in [0.1, 0.15) is 13.8 Å². The molecule has 3 aromatic rings. The highest BCUT2D eigenvalue weighted by Gasteiger charge is 2.45. The zero-order chi connectivity index (χ0) is 16.8. The molecule has 0 unspecified atom stereocenters. The fourth-order valence-electron chi connectivity index (χ4n) is 2.98. The average Bonchev–Trinajstić information content (AvgIpc) is 2.65. The third-order valence-corrected chi connectivity index (χ3v) is 8.27. The molecular formula is C22H24OP+. The summed E-state index contributed by atoms with van der Waals surface area (Å²) in [6.07, 6.45) is 0.934. The van der Waals surface area contributed by atoms with Gasteiger partial charge in [-0.2, -0.15) is 0 Å². The summed E-state index contributed by atoms with van der Waals surface area (Å²) in [7, 11) is -1.83.